The van der Waals surface area contributed by atoms with Crippen LogP contribution >= 0.6 is 0 Å². The highest BCUT2D eigenvalue weighted by molar-refractivity contribution is 4.85. The average Bonchev–Trinajstić information content (AvgIpc) is 2.63. The van der Waals surface area contributed by atoms with Crippen LogP contribution in [0.2, 0.25) is 0 Å². The Hall–Kier alpha value is -1.34. The van der Waals surface area contributed by atoms with Gasteiger partial charge in [-0.3, -0.25) is 4.68 Å². The van der Waals surface area contributed by atoms with E-state index in [4.69, 9.17) is 6.42 Å². The summed E-state index contributed by atoms with van der Waals surface area (Å²) in [6.45, 7) is 4.61. The first-order chi connectivity index (χ1) is 6.86. The van der Waals surface area contributed by atoms with Crippen LogP contribution in [0.25, 0.3) is 0 Å². The molecule has 0 bridgehead atoms. The first-order valence-corrected chi connectivity index (χ1v) is 4.89. The van der Waals surface area contributed by atoms with E-state index in [0.717, 1.165) is 31.9 Å². The Morgan fingerprint density at radius 2 is 2.50 bits per heavy atom. The molecule has 0 unspecified atom stereocenters. The molecule has 14 heavy (non-hydrogen) atoms. The van der Waals surface area contributed by atoms with Crippen molar-refractivity contribution >= 4 is 0 Å². The summed E-state index contributed by atoms with van der Waals surface area (Å²) in [5.41, 5.74) is 0. The first kappa shape index (κ1) is 10.7. The third-order valence-corrected chi connectivity index (χ3v) is 1.78. The van der Waals surface area contributed by atoms with Gasteiger partial charge >= 0.3 is 0 Å². The van der Waals surface area contributed by atoms with Gasteiger partial charge < -0.3 is 5.32 Å². The molecule has 0 saturated heterocycles. The van der Waals surface area contributed by atoms with Gasteiger partial charge in [-0.2, -0.15) is 5.10 Å². The Morgan fingerprint density at radius 1 is 1.64 bits per heavy atom. The van der Waals surface area contributed by atoms with Gasteiger partial charge in [0.1, 0.15) is 6.33 Å². The zero-order chi connectivity index (χ0) is 10.2. The van der Waals surface area contributed by atoms with Crippen molar-refractivity contribution in [1.82, 2.24) is 20.1 Å². The molecule has 0 aliphatic carbocycles. The van der Waals surface area contributed by atoms with Gasteiger partial charge in [0.2, 0.25) is 0 Å². The van der Waals surface area contributed by atoms with Gasteiger partial charge in [-0.1, -0.05) is 6.92 Å². The lowest BCUT2D eigenvalue weighted by atomic mass is 10.4. The van der Waals surface area contributed by atoms with E-state index in [1.54, 1.807) is 11.0 Å². The molecule has 1 rings (SSSR count). The fourth-order valence-electron chi connectivity index (χ4n) is 1.08. The molecular weight excluding hydrogens is 176 g/mol. The smallest absolute Gasteiger partial charge is 0.164 e. The van der Waals surface area contributed by atoms with Gasteiger partial charge in [0.05, 0.1) is 13.1 Å². The summed E-state index contributed by atoms with van der Waals surface area (Å²) in [4.78, 5) is 4.16. The summed E-state index contributed by atoms with van der Waals surface area (Å²) < 4.78 is 1.78. The van der Waals surface area contributed by atoms with E-state index < -0.39 is 0 Å². The van der Waals surface area contributed by atoms with Crippen LogP contribution in [0, 0.1) is 12.3 Å². The molecule has 0 spiro atoms. The van der Waals surface area contributed by atoms with E-state index in [2.05, 4.69) is 28.2 Å². The normalized spacial score (nSPS) is 10.0. The van der Waals surface area contributed by atoms with Crippen LogP contribution in [-0.4, -0.2) is 21.3 Å². The second kappa shape index (κ2) is 6.17. The number of hydrogen-bond acceptors (Lipinski definition) is 3. The topological polar surface area (TPSA) is 42.7 Å². The summed E-state index contributed by atoms with van der Waals surface area (Å²) in [5.74, 6) is 3.40. The van der Waals surface area contributed by atoms with Gasteiger partial charge in [-0.25, -0.2) is 4.98 Å². The largest absolute Gasteiger partial charge is 0.310 e. The number of terminal acetylenes is 1. The molecule has 4 nitrogen and oxygen atoms in total. The third kappa shape index (κ3) is 3.58. The quantitative estimate of drug-likeness (QED) is 0.535. The van der Waals surface area contributed by atoms with E-state index in [-0.39, 0.29) is 0 Å². The van der Waals surface area contributed by atoms with Crippen molar-refractivity contribution in [1.29, 1.82) is 0 Å². The molecule has 0 aliphatic heterocycles. The van der Waals surface area contributed by atoms with Crippen LogP contribution in [0.5, 0.6) is 0 Å². The van der Waals surface area contributed by atoms with Crippen LogP contribution in [0.1, 0.15) is 25.6 Å². The van der Waals surface area contributed by atoms with E-state index in [1.165, 1.54) is 0 Å². The minimum absolute atomic E-state index is 0.700. The molecule has 0 saturated carbocycles. The monoisotopic (exact) mass is 192 g/mol. The Kier molecular flexibility index (Phi) is 4.73. The standard InChI is InChI=1S/C10H16N4/c1-3-5-7-14-9-12-10(13-14)8-11-6-4-2/h1,9,11H,4-8H2,2H3. The maximum atomic E-state index is 5.16. The second-order valence-electron chi connectivity index (χ2n) is 3.05. The van der Waals surface area contributed by atoms with Crippen molar-refractivity contribution in [3.8, 4) is 12.3 Å². The van der Waals surface area contributed by atoms with Gasteiger partial charge in [0.15, 0.2) is 5.82 Å². The lowest BCUT2D eigenvalue weighted by Crippen LogP contribution is -2.15. The first-order valence-electron chi connectivity index (χ1n) is 4.89. The molecule has 0 radical (unpaired) electrons. The number of nitrogens with zero attached hydrogens (tertiary/aromatic N) is 3. The van der Waals surface area contributed by atoms with Crippen molar-refractivity contribution in [3.05, 3.63) is 12.2 Å². The molecule has 0 atom stereocenters. The Labute approximate surface area is 84.7 Å². The highest BCUT2D eigenvalue weighted by Crippen LogP contribution is 1.91. The maximum absolute atomic E-state index is 5.16. The second-order valence-corrected chi connectivity index (χ2v) is 3.05. The van der Waals surface area contributed by atoms with Crippen LogP contribution in [-0.2, 0) is 13.1 Å². The number of nitrogens with one attached hydrogen (secondary N) is 1. The summed E-state index contributed by atoms with van der Waals surface area (Å²) in [6.07, 6.45) is 8.70. The molecule has 1 N–H and O–H groups in total. The SMILES string of the molecule is C#CCCn1cnc(CNCCC)n1. The van der Waals surface area contributed by atoms with Crippen LogP contribution in [0.3, 0.4) is 0 Å². The molecule has 1 aromatic heterocycles. The van der Waals surface area contributed by atoms with Gasteiger partial charge in [0, 0.05) is 6.42 Å². The Balaban J connectivity index is 2.32. The molecule has 0 aromatic carbocycles. The van der Waals surface area contributed by atoms with Crippen molar-refractivity contribution in [3.63, 3.8) is 0 Å². The fraction of sp³-hybridized carbons (Fsp3) is 0.600. The minimum Gasteiger partial charge on any atom is -0.310 e. The molecule has 0 amide bonds. The van der Waals surface area contributed by atoms with Crippen LogP contribution in [0.4, 0.5) is 0 Å². The molecule has 0 fully saturated rings. The summed E-state index contributed by atoms with van der Waals surface area (Å²) in [7, 11) is 0. The highest BCUT2D eigenvalue weighted by atomic mass is 15.3. The van der Waals surface area contributed by atoms with Crippen molar-refractivity contribution in [2.24, 2.45) is 0 Å². The molecule has 1 heterocycles. The molecule has 1 aromatic rings. The Bertz CT molecular complexity index is 297. The third-order valence-electron chi connectivity index (χ3n) is 1.78. The Morgan fingerprint density at radius 3 is 3.21 bits per heavy atom. The number of hydrogen-bond donors (Lipinski definition) is 1. The molecule has 4 heteroatoms. The van der Waals surface area contributed by atoms with Crippen LogP contribution in [0.15, 0.2) is 6.33 Å². The van der Waals surface area contributed by atoms with Gasteiger partial charge in [0.25, 0.3) is 0 Å². The maximum Gasteiger partial charge on any atom is 0.164 e. The fourth-order valence-corrected chi connectivity index (χ4v) is 1.08. The zero-order valence-corrected chi connectivity index (χ0v) is 8.53. The van der Waals surface area contributed by atoms with E-state index in [1.807, 2.05) is 0 Å². The zero-order valence-electron chi connectivity index (χ0n) is 8.53. The molecular formula is C10H16N4. The van der Waals surface area contributed by atoms with E-state index in [0.29, 0.717) is 6.42 Å². The number of rotatable bonds is 6. The van der Waals surface area contributed by atoms with Crippen molar-refractivity contribution in [2.75, 3.05) is 6.54 Å². The number of aryl methyl sites for hydroxylation is 1. The predicted octanol–water partition coefficient (Wildman–Crippen LogP) is 0.801. The lowest BCUT2D eigenvalue weighted by Gasteiger charge is -1.97. The summed E-state index contributed by atoms with van der Waals surface area (Å²) in [6, 6.07) is 0. The highest BCUT2D eigenvalue weighted by Gasteiger charge is 1.98. The summed E-state index contributed by atoms with van der Waals surface area (Å²) in [5, 5.41) is 7.51. The summed E-state index contributed by atoms with van der Waals surface area (Å²) >= 11 is 0. The predicted molar refractivity (Wildman–Crippen MR) is 55.5 cm³/mol. The van der Waals surface area contributed by atoms with Crippen molar-refractivity contribution < 1.29 is 0 Å². The minimum atomic E-state index is 0.700. The van der Waals surface area contributed by atoms with E-state index in [9.17, 15) is 0 Å². The van der Waals surface area contributed by atoms with Gasteiger partial charge in [-0.05, 0) is 13.0 Å². The van der Waals surface area contributed by atoms with E-state index >= 15 is 0 Å². The molecule has 0 aliphatic rings. The van der Waals surface area contributed by atoms with Crippen LogP contribution < -0.4 is 5.32 Å². The van der Waals surface area contributed by atoms with Gasteiger partial charge in [-0.15, -0.1) is 12.3 Å². The molecule has 76 valence electrons. The lowest BCUT2D eigenvalue weighted by molar-refractivity contribution is 0.599. The average molecular weight is 192 g/mol. The number of aromatic nitrogens is 3. The van der Waals surface area contributed by atoms with Crippen molar-refractivity contribution in [2.45, 2.75) is 32.9 Å².